The lowest BCUT2D eigenvalue weighted by atomic mass is 10.1. The SMILES string of the molecule is COCCOCOc1cc(C(=O)OCCOC)cc(C(=O)OCCOC)c1. The van der Waals surface area contributed by atoms with E-state index < -0.39 is 11.9 Å². The van der Waals surface area contributed by atoms with Gasteiger partial charge in [-0.1, -0.05) is 0 Å². The van der Waals surface area contributed by atoms with Crippen LogP contribution < -0.4 is 4.74 Å². The number of carbonyl (C=O) groups excluding carboxylic acids is 2. The average Bonchev–Trinajstić information content (AvgIpc) is 2.67. The van der Waals surface area contributed by atoms with E-state index in [9.17, 15) is 9.59 Å². The van der Waals surface area contributed by atoms with Gasteiger partial charge in [0.15, 0.2) is 6.79 Å². The van der Waals surface area contributed by atoms with Crippen LogP contribution in [0.25, 0.3) is 0 Å². The van der Waals surface area contributed by atoms with Crippen LogP contribution in [0.4, 0.5) is 0 Å². The lowest BCUT2D eigenvalue weighted by Gasteiger charge is -2.11. The Balaban J connectivity index is 2.83. The lowest BCUT2D eigenvalue weighted by molar-refractivity contribution is -0.00865. The van der Waals surface area contributed by atoms with E-state index in [4.69, 9.17) is 33.2 Å². The molecule has 0 aliphatic heterocycles. The van der Waals surface area contributed by atoms with Gasteiger partial charge in [-0.2, -0.15) is 0 Å². The van der Waals surface area contributed by atoms with Crippen molar-refractivity contribution in [2.45, 2.75) is 0 Å². The van der Waals surface area contributed by atoms with Gasteiger partial charge in [-0.25, -0.2) is 9.59 Å². The van der Waals surface area contributed by atoms with Gasteiger partial charge in [0.1, 0.15) is 19.0 Å². The number of methoxy groups -OCH3 is 3. The molecule has 0 aliphatic rings. The number of ether oxygens (including phenoxy) is 7. The molecule has 0 aliphatic carbocycles. The Bertz CT molecular complexity index is 534. The summed E-state index contributed by atoms with van der Waals surface area (Å²) in [4.78, 5) is 24.3. The van der Waals surface area contributed by atoms with Crippen molar-refractivity contribution in [3.8, 4) is 5.75 Å². The summed E-state index contributed by atoms with van der Waals surface area (Å²) in [5.41, 5.74) is 0.304. The minimum absolute atomic E-state index is 0.0658. The van der Waals surface area contributed by atoms with Crippen LogP contribution in [0.3, 0.4) is 0 Å². The van der Waals surface area contributed by atoms with Crippen molar-refractivity contribution in [2.75, 3.05) is 67.8 Å². The van der Waals surface area contributed by atoms with E-state index >= 15 is 0 Å². The molecule has 27 heavy (non-hydrogen) atoms. The van der Waals surface area contributed by atoms with Crippen LogP contribution in [0, 0.1) is 0 Å². The molecule has 0 amide bonds. The first-order valence-corrected chi connectivity index (χ1v) is 8.29. The van der Waals surface area contributed by atoms with E-state index in [1.807, 2.05) is 0 Å². The molecule has 0 spiro atoms. The van der Waals surface area contributed by atoms with E-state index in [-0.39, 0.29) is 50.1 Å². The number of hydrogen-bond acceptors (Lipinski definition) is 9. The highest BCUT2D eigenvalue weighted by atomic mass is 16.7. The van der Waals surface area contributed by atoms with Crippen LogP contribution in [0.1, 0.15) is 20.7 Å². The molecular formula is C18H26O9. The van der Waals surface area contributed by atoms with E-state index in [1.54, 1.807) is 7.11 Å². The summed E-state index contributed by atoms with van der Waals surface area (Å²) in [6.07, 6.45) is 0. The van der Waals surface area contributed by atoms with Gasteiger partial charge in [0, 0.05) is 21.3 Å². The fourth-order valence-corrected chi connectivity index (χ4v) is 1.83. The smallest absolute Gasteiger partial charge is 0.338 e. The van der Waals surface area contributed by atoms with Crippen LogP contribution >= 0.6 is 0 Å². The third-order valence-electron chi connectivity index (χ3n) is 3.16. The van der Waals surface area contributed by atoms with Crippen molar-refractivity contribution in [2.24, 2.45) is 0 Å². The Labute approximate surface area is 158 Å². The molecule has 1 aromatic rings. The molecule has 0 N–H and O–H groups in total. The molecule has 1 rings (SSSR count). The van der Waals surface area contributed by atoms with E-state index in [0.29, 0.717) is 13.2 Å². The topological polar surface area (TPSA) is 98.8 Å². The third kappa shape index (κ3) is 9.34. The Morgan fingerprint density at radius 2 is 1.19 bits per heavy atom. The van der Waals surface area contributed by atoms with Crippen LogP contribution in [-0.4, -0.2) is 79.7 Å². The average molecular weight is 386 g/mol. The fourth-order valence-electron chi connectivity index (χ4n) is 1.83. The van der Waals surface area contributed by atoms with Gasteiger partial charge in [0.25, 0.3) is 0 Å². The van der Waals surface area contributed by atoms with Crippen LogP contribution in [0.15, 0.2) is 18.2 Å². The van der Waals surface area contributed by atoms with Crippen LogP contribution in [-0.2, 0) is 28.4 Å². The lowest BCUT2D eigenvalue weighted by Crippen LogP contribution is -2.14. The molecule has 0 fully saturated rings. The quantitative estimate of drug-likeness (QED) is 0.266. The number of benzene rings is 1. The van der Waals surface area contributed by atoms with Crippen molar-refractivity contribution in [1.82, 2.24) is 0 Å². The molecular weight excluding hydrogens is 360 g/mol. The number of carbonyl (C=O) groups is 2. The number of esters is 2. The molecule has 9 heteroatoms. The Morgan fingerprint density at radius 3 is 1.67 bits per heavy atom. The summed E-state index contributed by atoms with van der Waals surface area (Å²) < 4.78 is 35.4. The minimum atomic E-state index is -0.608. The first-order valence-electron chi connectivity index (χ1n) is 8.29. The Hall–Kier alpha value is -2.20. The van der Waals surface area contributed by atoms with E-state index in [2.05, 4.69) is 0 Å². The zero-order valence-corrected chi connectivity index (χ0v) is 15.9. The maximum Gasteiger partial charge on any atom is 0.338 e. The summed E-state index contributed by atoms with van der Waals surface area (Å²) in [6, 6.07) is 4.30. The molecule has 0 atom stereocenters. The van der Waals surface area contributed by atoms with Crippen LogP contribution in [0.2, 0.25) is 0 Å². The predicted octanol–water partition coefficient (Wildman–Crippen LogP) is 1.29. The third-order valence-corrected chi connectivity index (χ3v) is 3.16. The molecule has 9 nitrogen and oxygen atoms in total. The first-order chi connectivity index (χ1) is 13.1. The summed E-state index contributed by atoms with van der Waals surface area (Å²) in [7, 11) is 4.56. The van der Waals surface area contributed by atoms with Crippen molar-refractivity contribution in [1.29, 1.82) is 0 Å². The molecule has 0 unspecified atom stereocenters. The predicted molar refractivity (Wildman–Crippen MR) is 94.1 cm³/mol. The van der Waals surface area contributed by atoms with Gasteiger partial charge in [0.05, 0.1) is 37.6 Å². The van der Waals surface area contributed by atoms with Crippen molar-refractivity contribution < 1.29 is 42.7 Å². The highest BCUT2D eigenvalue weighted by Gasteiger charge is 2.16. The largest absolute Gasteiger partial charge is 0.468 e. The first kappa shape index (κ1) is 22.8. The second-order valence-electron chi connectivity index (χ2n) is 5.17. The number of rotatable bonds is 14. The molecule has 0 radical (unpaired) electrons. The van der Waals surface area contributed by atoms with Gasteiger partial charge in [-0.15, -0.1) is 0 Å². The molecule has 1 aromatic carbocycles. The normalized spacial score (nSPS) is 10.5. The molecule has 0 aromatic heterocycles. The van der Waals surface area contributed by atoms with E-state index in [0.717, 1.165) is 0 Å². The maximum atomic E-state index is 12.2. The van der Waals surface area contributed by atoms with Gasteiger partial charge in [0.2, 0.25) is 0 Å². The second-order valence-corrected chi connectivity index (χ2v) is 5.17. The van der Waals surface area contributed by atoms with Gasteiger partial charge < -0.3 is 33.2 Å². The molecule has 0 bridgehead atoms. The molecule has 0 saturated heterocycles. The van der Waals surface area contributed by atoms with E-state index in [1.165, 1.54) is 32.4 Å². The standard InChI is InChI=1S/C18H26O9/c1-21-4-7-24-13-27-16-11-14(17(19)25-8-5-22-2)10-15(12-16)18(20)26-9-6-23-3/h10-12H,4-9,13H2,1-3H3. The van der Waals surface area contributed by atoms with Crippen molar-refractivity contribution in [3.63, 3.8) is 0 Å². The van der Waals surface area contributed by atoms with Gasteiger partial charge >= 0.3 is 11.9 Å². The van der Waals surface area contributed by atoms with Crippen LogP contribution in [0.5, 0.6) is 5.75 Å². The number of hydrogen-bond donors (Lipinski definition) is 0. The summed E-state index contributed by atoms with van der Waals surface area (Å²) in [5, 5.41) is 0. The summed E-state index contributed by atoms with van der Waals surface area (Å²) in [5.74, 6) is -0.945. The van der Waals surface area contributed by atoms with Gasteiger partial charge in [-0.3, -0.25) is 0 Å². The maximum absolute atomic E-state index is 12.2. The molecule has 152 valence electrons. The molecule has 0 heterocycles. The Kier molecular flexibility index (Phi) is 11.8. The second kappa shape index (κ2) is 13.9. The van der Waals surface area contributed by atoms with Gasteiger partial charge in [-0.05, 0) is 18.2 Å². The zero-order chi connectivity index (χ0) is 19.9. The monoisotopic (exact) mass is 386 g/mol. The summed E-state index contributed by atoms with van der Waals surface area (Å²) in [6.45, 7) is 1.42. The van der Waals surface area contributed by atoms with Crippen molar-refractivity contribution >= 4 is 11.9 Å². The molecule has 0 saturated carbocycles. The minimum Gasteiger partial charge on any atom is -0.468 e. The summed E-state index contributed by atoms with van der Waals surface area (Å²) >= 11 is 0. The Morgan fingerprint density at radius 1 is 0.704 bits per heavy atom. The highest BCUT2D eigenvalue weighted by Crippen LogP contribution is 2.19. The zero-order valence-electron chi connectivity index (χ0n) is 15.9. The van der Waals surface area contributed by atoms with Crippen molar-refractivity contribution in [3.05, 3.63) is 29.3 Å². The fraction of sp³-hybridized carbons (Fsp3) is 0.556. The highest BCUT2D eigenvalue weighted by molar-refractivity contribution is 5.96.